The van der Waals surface area contributed by atoms with Gasteiger partial charge in [0.05, 0.1) is 25.3 Å². The van der Waals surface area contributed by atoms with Crippen molar-refractivity contribution in [2.24, 2.45) is 0 Å². The molecule has 3 rings (SSSR count). The number of benzene rings is 2. The number of anilines is 1. The molecule has 178 valence electrons. The van der Waals surface area contributed by atoms with E-state index < -0.39 is 5.97 Å². The van der Waals surface area contributed by atoms with Crippen molar-refractivity contribution in [3.63, 3.8) is 0 Å². The Hall–Kier alpha value is -3.10. The molecule has 1 aromatic heterocycles. The summed E-state index contributed by atoms with van der Waals surface area (Å²) in [6.07, 6.45) is 3.99. The topological polar surface area (TPSA) is 73.9 Å². The number of esters is 1. The minimum atomic E-state index is -0.471. The van der Waals surface area contributed by atoms with E-state index in [0.717, 1.165) is 23.1 Å². The highest BCUT2D eigenvalue weighted by Gasteiger charge is 2.22. The molecule has 1 N–H and O–H groups in total. The molecule has 0 unspecified atom stereocenters. The van der Waals surface area contributed by atoms with Gasteiger partial charge < -0.3 is 19.5 Å². The Labute approximate surface area is 211 Å². The monoisotopic (exact) mass is 543 g/mol. The van der Waals surface area contributed by atoms with Crippen LogP contribution in [0.4, 0.5) is 5.00 Å². The van der Waals surface area contributed by atoms with Gasteiger partial charge in [0.15, 0.2) is 11.5 Å². The summed E-state index contributed by atoms with van der Waals surface area (Å²) in [7, 11) is 3.10. The second-order valence-electron chi connectivity index (χ2n) is 7.19. The SMILES string of the molecule is CCOC(=O)c1c(-c2ccc(CC)cc2)csc1NC(=O)/C=C/c1cc(Br)c(OC)c(OC)c1. The first-order valence-electron chi connectivity index (χ1n) is 10.7. The van der Waals surface area contributed by atoms with Crippen LogP contribution in [0.3, 0.4) is 0 Å². The minimum Gasteiger partial charge on any atom is -0.493 e. The summed E-state index contributed by atoms with van der Waals surface area (Å²) in [6.45, 7) is 4.08. The predicted octanol–water partition coefficient (Wildman–Crippen LogP) is 6.59. The van der Waals surface area contributed by atoms with Gasteiger partial charge in [-0.25, -0.2) is 4.79 Å². The third-order valence-electron chi connectivity index (χ3n) is 5.06. The van der Waals surface area contributed by atoms with Gasteiger partial charge in [0.1, 0.15) is 10.6 Å². The van der Waals surface area contributed by atoms with Gasteiger partial charge in [-0.15, -0.1) is 11.3 Å². The van der Waals surface area contributed by atoms with Crippen LogP contribution >= 0.6 is 27.3 Å². The van der Waals surface area contributed by atoms with Crippen LogP contribution in [0.5, 0.6) is 11.5 Å². The Bertz CT molecular complexity index is 1200. The fourth-order valence-electron chi connectivity index (χ4n) is 3.35. The van der Waals surface area contributed by atoms with Gasteiger partial charge in [0.25, 0.3) is 0 Å². The number of aryl methyl sites for hydroxylation is 1. The molecule has 0 spiro atoms. The Kier molecular flexibility index (Phi) is 8.90. The van der Waals surface area contributed by atoms with E-state index in [2.05, 4.69) is 28.2 Å². The number of methoxy groups -OCH3 is 2. The molecule has 0 bridgehead atoms. The van der Waals surface area contributed by atoms with Crippen LogP contribution in [0.15, 0.2) is 52.3 Å². The summed E-state index contributed by atoms with van der Waals surface area (Å²) in [5.41, 5.74) is 3.92. The van der Waals surface area contributed by atoms with E-state index in [1.165, 1.54) is 23.0 Å². The van der Waals surface area contributed by atoms with Crippen molar-refractivity contribution in [3.8, 4) is 22.6 Å². The molecule has 0 saturated carbocycles. The van der Waals surface area contributed by atoms with Crippen LogP contribution in [0.2, 0.25) is 0 Å². The van der Waals surface area contributed by atoms with E-state index >= 15 is 0 Å². The van der Waals surface area contributed by atoms with Gasteiger partial charge in [-0.2, -0.15) is 0 Å². The van der Waals surface area contributed by atoms with Crippen molar-refractivity contribution in [1.29, 1.82) is 0 Å². The quantitative estimate of drug-likeness (QED) is 0.243. The zero-order valence-corrected chi connectivity index (χ0v) is 21.8. The average Bonchev–Trinajstić information content (AvgIpc) is 3.26. The lowest BCUT2D eigenvalue weighted by Crippen LogP contribution is -2.12. The van der Waals surface area contributed by atoms with Gasteiger partial charge in [0.2, 0.25) is 5.91 Å². The Morgan fingerprint density at radius 3 is 2.44 bits per heavy atom. The number of hydrogen-bond acceptors (Lipinski definition) is 6. The summed E-state index contributed by atoms with van der Waals surface area (Å²) in [5, 5.41) is 5.12. The lowest BCUT2D eigenvalue weighted by atomic mass is 10.0. The molecule has 0 fully saturated rings. The third-order valence-corrected chi connectivity index (χ3v) is 6.55. The number of thiophene rings is 1. The van der Waals surface area contributed by atoms with Crippen LogP contribution in [-0.2, 0) is 16.0 Å². The number of hydrogen-bond donors (Lipinski definition) is 1. The second kappa shape index (κ2) is 11.9. The maximum absolute atomic E-state index is 12.8. The molecule has 6 nitrogen and oxygen atoms in total. The summed E-state index contributed by atoms with van der Waals surface area (Å²) in [6, 6.07) is 11.6. The first-order chi connectivity index (χ1) is 16.4. The van der Waals surface area contributed by atoms with E-state index in [0.29, 0.717) is 26.5 Å². The van der Waals surface area contributed by atoms with E-state index in [1.54, 1.807) is 33.3 Å². The summed E-state index contributed by atoms with van der Waals surface area (Å²) < 4.78 is 16.6. The minimum absolute atomic E-state index is 0.240. The summed E-state index contributed by atoms with van der Waals surface area (Å²) in [4.78, 5) is 25.5. The van der Waals surface area contributed by atoms with Crippen molar-refractivity contribution >= 4 is 50.2 Å². The fourth-order valence-corrected chi connectivity index (χ4v) is 4.93. The molecule has 2 aromatic carbocycles. The van der Waals surface area contributed by atoms with Crippen molar-refractivity contribution in [3.05, 3.63) is 69.0 Å². The number of halogens is 1. The highest BCUT2D eigenvalue weighted by atomic mass is 79.9. The average molecular weight is 544 g/mol. The molecule has 0 atom stereocenters. The van der Waals surface area contributed by atoms with Crippen LogP contribution in [-0.4, -0.2) is 32.7 Å². The highest BCUT2D eigenvalue weighted by Crippen LogP contribution is 2.38. The zero-order chi connectivity index (χ0) is 24.7. The van der Waals surface area contributed by atoms with E-state index in [-0.39, 0.29) is 12.5 Å². The van der Waals surface area contributed by atoms with Gasteiger partial charge in [-0.1, -0.05) is 31.2 Å². The van der Waals surface area contributed by atoms with Crippen LogP contribution in [0.25, 0.3) is 17.2 Å². The van der Waals surface area contributed by atoms with Crippen molar-refractivity contribution in [2.45, 2.75) is 20.3 Å². The largest absolute Gasteiger partial charge is 0.493 e. The molecule has 0 radical (unpaired) electrons. The predicted molar refractivity (Wildman–Crippen MR) is 140 cm³/mol. The maximum Gasteiger partial charge on any atom is 0.341 e. The van der Waals surface area contributed by atoms with Crippen LogP contribution in [0.1, 0.15) is 35.3 Å². The van der Waals surface area contributed by atoms with E-state index in [9.17, 15) is 9.59 Å². The van der Waals surface area contributed by atoms with E-state index in [4.69, 9.17) is 14.2 Å². The lowest BCUT2D eigenvalue weighted by molar-refractivity contribution is -0.111. The maximum atomic E-state index is 12.8. The van der Waals surface area contributed by atoms with Crippen LogP contribution < -0.4 is 14.8 Å². The Balaban J connectivity index is 1.87. The molecule has 3 aromatic rings. The molecule has 0 aliphatic heterocycles. The van der Waals surface area contributed by atoms with Gasteiger partial charge in [0, 0.05) is 17.0 Å². The van der Waals surface area contributed by atoms with Gasteiger partial charge >= 0.3 is 5.97 Å². The third kappa shape index (κ3) is 5.87. The molecule has 0 aliphatic carbocycles. The number of carbonyl (C=O) groups is 2. The van der Waals surface area contributed by atoms with Gasteiger partial charge in [-0.05, 0) is 64.2 Å². The molecular weight excluding hydrogens is 518 g/mol. The molecular formula is C26H26BrNO5S. The van der Waals surface area contributed by atoms with Crippen LogP contribution in [0, 0.1) is 0 Å². The Morgan fingerprint density at radius 2 is 1.82 bits per heavy atom. The Morgan fingerprint density at radius 1 is 1.09 bits per heavy atom. The number of rotatable bonds is 9. The first-order valence-corrected chi connectivity index (χ1v) is 12.4. The molecule has 0 aliphatic rings. The smallest absolute Gasteiger partial charge is 0.341 e. The second-order valence-corrected chi connectivity index (χ2v) is 8.92. The molecule has 1 amide bonds. The number of nitrogens with one attached hydrogen (secondary N) is 1. The molecule has 0 saturated heterocycles. The number of carbonyl (C=O) groups excluding carboxylic acids is 2. The molecule has 1 heterocycles. The first kappa shape index (κ1) is 25.5. The summed E-state index contributed by atoms with van der Waals surface area (Å²) >= 11 is 4.73. The normalized spacial score (nSPS) is 10.9. The molecule has 34 heavy (non-hydrogen) atoms. The van der Waals surface area contributed by atoms with E-state index in [1.807, 2.05) is 35.7 Å². The standard InChI is InChI=1S/C26H26BrNO5S/c1-5-16-7-10-18(11-8-16)19-15-34-25(23(19)26(30)33-6-2)28-22(29)12-9-17-13-20(27)24(32-4)21(14-17)31-3/h7-15H,5-6H2,1-4H3,(H,28,29)/b12-9+. The lowest BCUT2D eigenvalue weighted by Gasteiger charge is -2.10. The highest BCUT2D eigenvalue weighted by molar-refractivity contribution is 9.10. The van der Waals surface area contributed by atoms with Crippen molar-refractivity contribution < 1.29 is 23.8 Å². The number of amides is 1. The zero-order valence-electron chi connectivity index (χ0n) is 19.4. The van der Waals surface area contributed by atoms with Crippen molar-refractivity contribution in [1.82, 2.24) is 0 Å². The van der Waals surface area contributed by atoms with Gasteiger partial charge in [-0.3, -0.25) is 4.79 Å². The van der Waals surface area contributed by atoms with Crippen molar-refractivity contribution in [2.75, 3.05) is 26.1 Å². The molecule has 8 heteroatoms. The fraction of sp³-hybridized carbons (Fsp3) is 0.231. The number of ether oxygens (including phenoxy) is 3. The summed E-state index contributed by atoms with van der Waals surface area (Å²) in [5.74, 6) is 0.271.